The van der Waals surface area contributed by atoms with Gasteiger partial charge in [0.2, 0.25) is 0 Å². The van der Waals surface area contributed by atoms with E-state index in [-0.39, 0.29) is 11.7 Å². The number of amides is 2. The number of aromatic nitrogens is 3. The molecule has 1 heterocycles. The van der Waals surface area contributed by atoms with Crippen LogP contribution in [-0.2, 0) is 7.05 Å². The van der Waals surface area contributed by atoms with Gasteiger partial charge in [-0.25, -0.2) is 14.7 Å². The number of nitrogens with one attached hydrogen (secondary N) is 3. The van der Waals surface area contributed by atoms with E-state index in [1.807, 2.05) is 32.0 Å². The molecule has 2 aromatic rings. The van der Waals surface area contributed by atoms with Gasteiger partial charge in [0.15, 0.2) is 5.82 Å². The molecule has 7 nitrogen and oxygen atoms in total. The first-order chi connectivity index (χ1) is 9.90. The van der Waals surface area contributed by atoms with Gasteiger partial charge in [-0.1, -0.05) is 18.2 Å². The largest absolute Gasteiger partial charge is 0.343 e. The number of H-pyrrole nitrogens is 1. The van der Waals surface area contributed by atoms with Crippen LogP contribution in [0.25, 0.3) is 0 Å². The fraction of sp³-hybridized carbons (Fsp3) is 0.357. The summed E-state index contributed by atoms with van der Waals surface area (Å²) in [4.78, 5) is 23.4. The molecule has 0 radical (unpaired) electrons. The van der Waals surface area contributed by atoms with Crippen molar-refractivity contribution in [3.8, 4) is 0 Å². The predicted molar refractivity (Wildman–Crippen MR) is 80.3 cm³/mol. The summed E-state index contributed by atoms with van der Waals surface area (Å²) in [6.45, 7) is 5.63. The quantitative estimate of drug-likeness (QED) is 0.801. The Morgan fingerprint density at radius 2 is 1.95 bits per heavy atom. The fourth-order valence-corrected chi connectivity index (χ4v) is 2.17. The molecule has 112 valence electrons. The number of rotatable bonds is 3. The molecule has 1 aromatic carbocycles. The van der Waals surface area contributed by atoms with Crippen molar-refractivity contribution < 1.29 is 4.79 Å². The van der Waals surface area contributed by atoms with Crippen LogP contribution in [0, 0.1) is 13.8 Å². The van der Waals surface area contributed by atoms with Crippen LogP contribution in [0.1, 0.15) is 29.9 Å². The SMILES string of the molecule is Cc1cccc(C)c1NC(=O)N[C@@H](C)c1n[nH]c(=O)n1C. The van der Waals surface area contributed by atoms with E-state index in [0.717, 1.165) is 16.8 Å². The van der Waals surface area contributed by atoms with Crippen LogP contribution in [0.15, 0.2) is 23.0 Å². The number of nitrogens with zero attached hydrogens (tertiary/aromatic N) is 2. The van der Waals surface area contributed by atoms with Gasteiger partial charge < -0.3 is 10.6 Å². The van der Waals surface area contributed by atoms with Crippen molar-refractivity contribution in [2.24, 2.45) is 7.05 Å². The lowest BCUT2D eigenvalue weighted by molar-refractivity contribution is 0.248. The summed E-state index contributed by atoms with van der Waals surface area (Å²) in [7, 11) is 1.60. The van der Waals surface area contributed by atoms with Gasteiger partial charge in [0.1, 0.15) is 0 Å². The highest BCUT2D eigenvalue weighted by atomic mass is 16.2. The van der Waals surface area contributed by atoms with E-state index in [9.17, 15) is 9.59 Å². The van der Waals surface area contributed by atoms with Crippen molar-refractivity contribution in [3.63, 3.8) is 0 Å². The number of urea groups is 1. The molecule has 3 N–H and O–H groups in total. The van der Waals surface area contributed by atoms with Gasteiger partial charge in [-0.15, -0.1) is 0 Å². The molecule has 2 amide bonds. The smallest absolute Gasteiger partial charge is 0.328 e. The topological polar surface area (TPSA) is 91.8 Å². The van der Waals surface area contributed by atoms with Crippen LogP contribution < -0.4 is 16.3 Å². The van der Waals surface area contributed by atoms with Gasteiger partial charge in [-0.2, -0.15) is 5.10 Å². The van der Waals surface area contributed by atoms with E-state index >= 15 is 0 Å². The first-order valence-electron chi connectivity index (χ1n) is 6.65. The molecular weight excluding hydrogens is 270 g/mol. The summed E-state index contributed by atoms with van der Waals surface area (Å²) in [6.07, 6.45) is 0. The van der Waals surface area contributed by atoms with E-state index < -0.39 is 6.04 Å². The average molecular weight is 289 g/mol. The Labute approximate surface area is 122 Å². The molecule has 1 atom stereocenters. The molecule has 0 bridgehead atoms. The van der Waals surface area contributed by atoms with Crippen LogP contribution in [0.3, 0.4) is 0 Å². The van der Waals surface area contributed by atoms with Crippen LogP contribution in [0.5, 0.6) is 0 Å². The Bertz CT molecular complexity index is 696. The van der Waals surface area contributed by atoms with Crippen LogP contribution in [0.2, 0.25) is 0 Å². The van der Waals surface area contributed by atoms with Crippen molar-refractivity contribution in [2.45, 2.75) is 26.8 Å². The highest BCUT2D eigenvalue weighted by Crippen LogP contribution is 2.19. The summed E-state index contributed by atoms with van der Waals surface area (Å²) in [5.41, 5.74) is 2.46. The van der Waals surface area contributed by atoms with Gasteiger partial charge in [-0.3, -0.25) is 4.57 Å². The lowest BCUT2D eigenvalue weighted by atomic mass is 10.1. The number of anilines is 1. The number of hydrogen-bond donors (Lipinski definition) is 3. The number of aromatic amines is 1. The minimum atomic E-state index is -0.390. The summed E-state index contributed by atoms with van der Waals surface area (Å²) in [5, 5.41) is 11.8. The molecule has 2 rings (SSSR count). The van der Waals surface area contributed by atoms with E-state index in [0.29, 0.717) is 5.82 Å². The molecule has 0 unspecified atom stereocenters. The molecule has 0 aliphatic heterocycles. The zero-order valence-electron chi connectivity index (χ0n) is 12.5. The molecule has 21 heavy (non-hydrogen) atoms. The highest BCUT2D eigenvalue weighted by molar-refractivity contribution is 5.91. The third kappa shape index (κ3) is 3.13. The van der Waals surface area contributed by atoms with Gasteiger partial charge in [-0.05, 0) is 31.9 Å². The van der Waals surface area contributed by atoms with E-state index in [4.69, 9.17) is 0 Å². The number of benzene rings is 1. The highest BCUT2D eigenvalue weighted by Gasteiger charge is 2.16. The molecule has 0 saturated carbocycles. The molecule has 0 aliphatic rings. The first-order valence-corrected chi connectivity index (χ1v) is 6.65. The van der Waals surface area contributed by atoms with Crippen LogP contribution in [0.4, 0.5) is 10.5 Å². The maximum atomic E-state index is 12.1. The summed E-state index contributed by atoms with van der Waals surface area (Å²) < 4.78 is 1.37. The van der Waals surface area contributed by atoms with E-state index in [1.54, 1.807) is 14.0 Å². The summed E-state index contributed by atoms with van der Waals surface area (Å²) in [5.74, 6) is 0.469. The Kier molecular flexibility index (Phi) is 4.11. The van der Waals surface area contributed by atoms with Crippen molar-refractivity contribution >= 4 is 11.7 Å². The van der Waals surface area contributed by atoms with Crippen LogP contribution >= 0.6 is 0 Å². The van der Waals surface area contributed by atoms with E-state index in [1.165, 1.54) is 4.57 Å². The number of carbonyl (C=O) groups excluding carboxylic acids is 1. The lowest BCUT2D eigenvalue weighted by Gasteiger charge is -2.16. The van der Waals surface area contributed by atoms with E-state index in [2.05, 4.69) is 20.8 Å². The monoisotopic (exact) mass is 289 g/mol. The standard InChI is InChI=1S/C14H19N5O2/c1-8-6-5-7-9(2)11(8)16-13(20)15-10(3)12-17-18-14(21)19(12)4/h5-7,10H,1-4H3,(H,18,21)(H2,15,16,20)/t10-/m0/s1. The molecule has 0 spiro atoms. The van der Waals surface area contributed by atoms with Gasteiger partial charge in [0, 0.05) is 12.7 Å². The number of para-hydroxylation sites is 1. The fourth-order valence-electron chi connectivity index (χ4n) is 2.17. The maximum Gasteiger partial charge on any atom is 0.343 e. The predicted octanol–water partition coefficient (Wildman–Crippen LogP) is 1.61. The molecule has 0 saturated heterocycles. The second-order valence-corrected chi connectivity index (χ2v) is 5.03. The van der Waals surface area contributed by atoms with Gasteiger partial charge in [0.25, 0.3) is 0 Å². The minimum absolute atomic E-state index is 0.311. The first kappa shape index (κ1) is 14.8. The Morgan fingerprint density at radius 3 is 2.48 bits per heavy atom. The Morgan fingerprint density at radius 1 is 1.33 bits per heavy atom. The van der Waals surface area contributed by atoms with Crippen molar-refractivity contribution in [1.29, 1.82) is 0 Å². The summed E-state index contributed by atoms with van der Waals surface area (Å²) in [6, 6.07) is 5.08. The van der Waals surface area contributed by atoms with Crippen molar-refractivity contribution in [1.82, 2.24) is 20.1 Å². The Balaban J connectivity index is 2.08. The third-order valence-corrected chi connectivity index (χ3v) is 3.37. The second kappa shape index (κ2) is 5.82. The summed E-state index contributed by atoms with van der Waals surface area (Å²) >= 11 is 0. The Hall–Kier alpha value is -2.57. The number of hydrogen-bond acceptors (Lipinski definition) is 3. The molecular formula is C14H19N5O2. The van der Waals surface area contributed by atoms with Crippen LogP contribution in [-0.4, -0.2) is 20.8 Å². The zero-order chi connectivity index (χ0) is 15.6. The average Bonchev–Trinajstić information content (AvgIpc) is 2.74. The maximum absolute atomic E-state index is 12.1. The second-order valence-electron chi connectivity index (χ2n) is 5.03. The zero-order valence-corrected chi connectivity index (χ0v) is 12.5. The third-order valence-electron chi connectivity index (χ3n) is 3.37. The molecule has 1 aromatic heterocycles. The van der Waals surface area contributed by atoms with Gasteiger partial charge >= 0.3 is 11.7 Å². The van der Waals surface area contributed by atoms with Gasteiger partial charge in [0.05, 0.1) is 6.04 Å². The number of aryl methyl sites for hydroxylation is 2. The molecule has 0 aliphatic carbocycles. The molecule has 7 heteroatoms. The normalized spacial score (nSPS) is 12.0. The lowest BCUT2D eigenvalue weighted by Crippen LogP contribution is -2.33. The number of carbonyl (C=O) groups is 1. The molecule has 0 fully saturated rings. The minimum Gasteiger partial charge on any atom is -0.328 e. The van der Waals surface area contributed by atoms with Crippen molar-refractivity contribution in [3.05, 3.63) is 45.6 Å². The van der Waals surface area contributed by atoms with Crippen molar-refractivity contribution in [2.75, 3.05) is 5.32 Å².